The van der Waals surface area contributed by atoms with Crippen molar-refractivity contribution in [3.63, 3.8) is 0 Å². The summed E-state index contributed by atoms with van der Waals surface area (Å²) in [6.45, 7) is 1.18. The predicted octanol–water partition coefficient (Wildman–Crippen LogP) is 3.27. The summed E-state index contributed by atoms with van der Waals surface area (Å²) in [6.07, 6.45) is 7.40. The molecule has 2 saturated heterocycles. The van der Waals surface area contributed by atoms with Gasteiger partial charge in [-0.1, -0.05) is 0 Å². The molecule has 2 aliphatic heterocycles. The first kappa shape index (κ1) is 13.6. The molecule has 2 aromatic heterocycles. The molecule has 2 aliphatic rings. The van der Waals surface area contributed by atoms with E-state index in [1.165, 1.54) is 49.6 Å². The number of aromatic nitrogens is 3. The second-order valence-corrected chi connectivity index (χ2v) is 7.35. The Labute approximate surface area is 129 Å². The lowest BCUT2D eigenvalue weighted by molar-refractivity contribution is 0.235. The number of thioether (sulfide) groups is 1. The van der Waals surface area contributed by atoms with E-state index in [0.717, 1.165) is 11.2 Å². The average Bonchev–Trinajstić information content (AvgIpc) is 3.11. The molecule has 4 rings (SSSR count). The molecule has 2 unspecified atom stereocenters. The number of likely N-dealkylation sites (tertiary alicyclic amines) is 1. The molecule has 0 aliphatic carbocycles. The van der Waals surface area contributed by atoms with Crippen LogP contribution in [0.3, 0.4) is 0 Å². The molecule has 0 amide bonds. The number of hydrogen-bond acceptors (Lipinski definition) is 4. The molecular weight excluding hydrogens is 280 g/mol. The van der Waals surface area contributed by atoms with E-state index in [9.17, 15) is 0 Å². The van der Waals surface area contributed by atoms with Crippen LogP contribution in [0.4, 0.5) is 0 Å². The highest BCUT2D eigenvalue weighted by atomic mass is 32.2. The molecule has 0 radical (unpaired) electrons. The zero-order valence-electron chi connectivity index (χ0n) is 12.5. The average molecular weight is 302 g/mol. The van der Waals surface area contributed by atoms with Crippen LogP contribution in [-0.4, -0.2) is 44.5 Å². The van der Waals surface area contributed by atoms with Gasteiger partial charge in [0.05, 0.1) is 6.17 Å². The van der Waals surface area contributed by atoms with Crippen LogP contribution in [-0.2, 0) is 0 Å². The molecule has 0 N–H and O–H groups in total. The Hall–Kier alpha value is -1.07. The summed E-state index contributed by atoms with van der Waals surface area (Å²) in [6, 6.07) is 4.10. The molecule has 4 nitrogen and oxygen atoms in total. The maximum Gasteiger partial charge on any atom is 0.161 e. The van der Waals surface area contributed by atoms with E-state index in [2.05, 4.69) is 39.3 Å². The molecule has 0 spiro atoms. The lowest BCUT2D eigenvalue weighted by Crippen LogP contribution is -2.26. The Balaban J connectivity index is 1.84. The summed E-state index contributed by atoms with van der Waals surface area (Å²) >= 11 is 2.07. The first-order valence-electron chi connectivity index (χ1n) is 7.95. The van der Waals surface area contributed by atoms with Crippen LogP contribution in [0.5, 0.6) is 0 Å². The van der Waals surface area contributed by atoms with Crippen LogP contribution in [0.25, 0.3) is 11.2 Å². The van der Waals surface area contributed by atoms with Crippen molar-refractivity contribution in [3.05, 3.63) is 24.2 Å². The van der Waals surface area contributed by atoms with Crippen LogP contribution in [0.15, 0.2) is 18.3 Å². The molecule has 5 heteroatoms. The summed E-state index contributed by atoms with van der Waals surface area (Å²) in [5.74, 6) is 4.37. The zero-order valence-corrected chi connectivity index (χ0v) is 13.4. The fraction of sp³-hybridized carbons (Fsp3) is 0.625. The fourth-order valence-electron chi connectivity index (χ4n) is 3.69. The summed E-state index contributed by atoms with van der Waals surface area (Å²) in [5, 5.41) is 0. The predicted molar refractivity (Wildman–Crippen MR) is 87.7 cm³/mol. The summed E-state index contributed by atoms with van der Waals surface area (Å²) in [4.78, 5) is 12.1. The third-order valence-corrected chi connectivity index (χ3v) is 6.00. The minimum Gasteiger partial charge on any atom is -0.296 e. The van der Waals surface area contributed by atoms with Gasteiger partial charge in [-0.25, -0.2) is 9.97 Å². The molecule has 0 saturated carbocycles. The van der Waals surface area contributed by atoms with E-state index < -0.39 is 0 Å². The standard InChI is InChI=1S/C16H22N4S/c1-19-9-3-7-14(19)20-15(12-5-4-10-21-11-12)18-13-6-2-8-17-16(13)20/h2,6,8,12,14H,3-5,7,9-11H2,1H3. The van der Waals surface area contributed by atoms with E-state index in [1.54, 1.807) is 0 Å². The Morgan fingerprint density at radius 2 is 2.24 bits per heavy atom. The van der Waals surface area contributed by atoms with Gasteiger partial charge in [-0.3, -0.25) is 9.47 Å². The summed E-state index contributed by atoms with van der Waals surface area (Å²) in [5.41, 5.74) is 2.13. The van der Waals surface area contributed by atoms with Crippen molar-refractivity contribution in [3.8, 4) is 0 Å². The second kappa shape index (κ2) is 5.61. The number of nitrogens with zero attached hydrogens (tertiary/aromatic N) is 4. The van der Waals surface area contributed by atoms with Gasteiger partial charge in [-0.05, 0) is 57.2 Å². The normalized spacial score (nSPS) is 27.5. The highest BCUT2D eigenvalue weighted by Gasteiger charge is 2.30. The maximum atomic E-state index is 4.98. The fourth-order valence-corrected chi connectivity index (χ4v) is 4.83. The smallest absolute Gasteiger partial charge is 0.161 e. The minimum atomic E-state index is 0.437. The van der Waals surface area contributed by atoms with Gasteiger partial charge in [-0.2, -0.15) is 11.8 Å². The van der Waals surface area contributed by atoms with Gasteiger partial charge < -0.3 is 0 Å². The van der Waals surface area contributed by atoms with Gasteiger partial charge in [0.2, 0.25) is 0 Å². The third-order valence-electron chi connectivity index (χ3n) is 4.78. The zero-order chi connectivity index (χ0) is 14.2. The molecular formula is C16H22N4S. The van der Waals surface area contributed by atoms with E-state index in [0.29, 0.717) is 12.1 Å². The van der Waals surface area contributed by atoms with Gasteiger partial charge in [0, 0.05) is 17.9 Å². The van der Waals surface area contributed by atoms with Crippen LogP contribution in [0, 0.1) is 0 Å². The number of fused-ring (bicyclic) bond motifs is 1. The first-order valence-corrected chi connectivity index (χ1v) is 9.11. The van der Waals surface area contributed by atoms with Crippen LogP contribution in [0.1, 0.15) is 43.6 Å². The molecule has 4 heterocycles. The largest absolute Gasteiger partial charge is 0.296 e. The first-order chi connectivity index (χ1) is 10.3. The van der Waals surface area contributed by atoms with Crippen LogP contribution >= 0.6 is 11.8 Å². The molecule has 2 fully saturated rings. The summed E-state index contributed by atoms with van der Waals surface area (Å²) in [7, 11) is 2.23. The third kappa shape index (κ3) is 2.36. The van der Waals surface area contributed by atoms with Crippen molar-refractivity contribution < 1.29 is 0 Å². The van der Waals surface area contributed by atoms with Gasteiger partial charge in [0.1, 0.15) is 11.3 Å². The molecule has 0 bridgehead atoms. The topological polar surface area (TPSA) is 34.0 Å². The molecule has 2 atom stereocenters. The number of rotatable bonds is 2. The molecule has 2 aromatic rings. The second-order valence-electron chi connectivity index (χ2n) is 6.20. The Morgan fingerprint density at radius 3 is 3.00 bits per heavy atom. The van der Waals surface area contributed by atoms with E-state index in [-0.39, 0.29) is 0 Å². The minimum absolute atomic E-state index is 0.437. The summed E-state index contributed by atoms with van der Waals surface area (Å²) < 4.78 is 2.44. The highest BCUT2D eigenvalue weighted by molar-refractivity contribution is 7.99. The lowest BCUT2D eigenvalue weighted by atomic mass is 10.0. The Bertz CT molecular complexity index is 632. The number of imidazole rings is 1. The lowest BCUT2D eigenvalue weighted by Gasteiger charge is -2.27. The van der Waals surface area contributed by atoms with Crippen molar-refractivity contribution in [2.75, 3.05) is 25.1 Å². The van der Waals surface area contributed by atoms with E-state index >= 15 is 0 Å². The van der Waals surface area contributed by atoms with Gasteiger partial charge >= 0.3 is 0 Å². The van der Waals surface area contributed by atoms with Crippen molar-refractivity contribution in [1.29, 1.82) is 0 Å². The number of hydrogen-bond donors (Lipinski definition) is 0. The van der Waals surface area contributed by atoms with Gasteiger partial charge in [0.15, 0.2) is 5.65 Å². The Kier molecular flexibility index (Phi) is 3.63. The Morgan fingerprint density at radius 1 is 1.29 bits per heavy atom. The van der Waals surface area contributed by atoms with Crippen molar-refractivity contribution in [1.82, 2.24) is 19.4 Å². The van der Waals surface area contributed by atoms with Crippen LogP contribution < -0.4 is 0 Å². The van der Waals surface area contributed by atoms with Gasteiger partial charge in [-0.15, -0.1) is 0 Å². The van der Waals surface area contributed by atoms with Gasteiger partial charge in [0.25, 0.3) is 0 Å². The van der Waals surface area contributed by atoms with E-state index in [1.807, 2.05) is 12.3 Å². The monoisotopic (exact) mass is 302 g/mol. The SMILES string of the molecule is CN1CCCC1n1c(C2CCCSC2)nc2cccnc21. The molecule has 112 valence electrons. The molecule has 0 aromatic carbocycles. The van der Waals surface area contributed by atoms with Crippen molar-refractivity contribution in [2.45, 2.75) is 37.8 Å². The number of pyridine rings is 1. The van der Waals surface area contributed by atoms with Crippen molar-refractivity contribution in [2.24, 2.45) is 0 Å². The maximum absolute atomic E-state index is 4.98. The molecule has 21 heavy (non-hydrogen) atoms. The quantitative estimate of drug-likeness (QED) is 0.852. The highest BCUT2D eigenvalue weighted by Crippen LogP contribution is 2.36. The van der Waals surface area contributed by atoms with E-state index in [4.69, 9.17) is 4.98 Å². The van der Waals surface area contributed by atoms with Crippen molar-refractivity contribution >= 4 is 22.9 Å². The van der Waals surface area contributed by atoms with Crippen LogP contribution in [0.2, 0.25) is 0 Å².